The highest BCUT2D eigenvalue weighted by Crippen LogP contribution is 2.28. The van der Waals surface area contributed by atoms with Gasteiger partial charge in [-0.3, -0.25) is 19.8 Å². The van der Waals surface area contributed by atoms with Gasteiger partial charge in [-0.2, -0.15) is 5.26 Å². The number of fused-ring (bicyclic) bond motifs is 1. The van der Waals surface area contributed by atoms with E-state index in [1.807, 2.05) is 12.1 Å². The van der Waals surface area contributed by atoms with Crippen molar-refractivity contribution in [1.82, 2.24) is 14.9 Å². The van der Waals surface area contributed by atoms with E-state index < -0.39 is 6.03 Å². The van der Waals surface area contributed by atoms with Crippen molar-refractivity contribution in [2.45, 2.75) is 26.3 Å². The fourth-order valence-electron chi connectivity index (χ4n) is 3.06. The van der Waals surface area contributed by atoms with E-state index in [4.69, 9.17) is 5.26 Å². The molecular formula is C20H20N6O3. The largest absolute Gasteiger partial charge is 0.342 e. The van der Waals surface area contributed by atoms with Crippen molar-refractivity contribution in [3.8, 4) is 6.07 Å². The molecule has 0 atom stereocenters. The molecule has 9 nitrogen and oxygen atoms in total. The molecule has 2 aromatic heterocycles. The molecule has 3 rings (SSSR count). The number of carbonyl (C=O) groups excluding carboxylic acids is 3. The molecule has 2 aromatic rings. The summed E-state index contributed by atoms with van der Waals surface area (Å²) in [7, 11) is 1.65. The highest BCUT2D eigenvalue weighted by Gasteiger charge is 2.26. The molecule has 3 heterocycles. The molecule has 1 aliphatic heterocycles. The first-order valence-electron chi connectivity index (χ1n) is 9.07. The summed E-state index contributed by atoms with van der Waals surface area (Å²) >= 11 is 0. The molecule has 0 radical (unpaired) electrons. The van der Waals surface area contributed by atoms with Gasteiger partial charge in [0.05, 0.1) is 5.56 Å². The summed E-state index contributed by atoms with van der Waals surface area (Å²) in [6.07, 6.45) is 3.47. The van der Waals surface area contributed by atoms with Gasteiger partial charge < -0.3 is 4.90 Å². The fraction of sp³-hybridized carbons (Fsp3) is 0.300. The number of hydrogen-bond acceptors (Lipinski definition) is 6. The second-order valence-electron chi connectivity index (χ2n) is 6.74. The van der Waals surface area contributed by atoms with E-state index in [-0.39, 0.29) is 18.1 Å². The summed E-state index contributed by atoms with van der Waals surface area (Å²) < 4.78 is 0. The van der Waals surface area contributed by atoms with Crippen LogP contribution in [0.5, 0.6) is 0 Å². The Morgan fingerprint density at radius 2 is 2.21 bits per heavy atom. The zero-order valence-electron chi connectivity index (χ0n) is 16.2. The van der Waals surface area contributed by atoms with Crippen molar-refractivity contribution in [3.63, 3.8) is 0 Å². The minimum absolute atomic E-state index is 0.115. The third kappa shape index (κ3) is 4.38. The van der Waals surface area contributed by atoms with Crippen molar-refractivity contribution in [2.75, 3.05) is 23.8 Å². The van der Waals surface area contributed by atoms with Crippen molar-refractivity contribution < 1.29 is 14.4 Å². The average molecular weight is 392 g/mol. The van der Waals surface area contributed by atoms with Gasteiger partial charge >= 0.3 is 6.03 Å². The van der Waals surface area contributed by atoms with Gasteiger partial charge in [-0.15, -0.1) is 0 Å². The van der Waals surface area contributed by atoms with Gasteiger partial charge in [0.15, 0.2) is 6.29 Å². The van der Waals surface area contributed by atoms with E-state index in [2.05, 4.69) is 15.3 Å². The summed E-state index contributed by atoms with van der Waals surface area (Å²) in [6.45, 7) is 2.17. The standard InChI is InChI=1S/C20H20N6O3/c1-13(28)25(2)11-16-8-15-4-3-7-26(19(15)23-17(16)12-27)20(29)24-18-6-5-14(9-21)10-22-18/h5-6,8,10,12H,3-4,7,11H2,1-2H3,(H,22,24,29). The van der Waals surface area contributed by atoms with Crippen LogP contribution in [0.4, 0.5) is 16.4 Å². The second kappa shape index (κ2) is 8.48. The highest BCUT2D eigenvalue weighted by molar-refractivity contribution is 6.01. The minimum atomic E-state index is -0.416. The molecule has 1 N–H and O–H groups in total. The van der Waals surface area contributed by atoms with E-state index >= 15 is 0 Å². The number of urea groups is 1. The lowest BCUT2D eigenvalue weighted by Crippen LogP contribution is -2.40. The van der Waals surface area contributed by atoms with Crippen molar-refractivity contribution in [1.29, 1.82) is 5.26 Å². The average Bonchev–Trinajstić information content (AvgIpc) is 2.73. The van der Waals surface area contributed by atoms with Crippen LogP contribution in [0, 0.1) is 11.3 Å². The smallest absolute Gasteiger partial charge is 0.328 e. The zero-order chi connectivity index (χ0) is 21.0. The van der Waals surface area contributed by atoms with Crippen molar-refractivity contribution >= 4 is 29.9 Å². The lowest BCUT2D eigenvalue weighted by atomic mass is 10.0. The number of anilines is 2. The molecule has 9 heteroatoms. The van der Waals surface area contributed by atoms with Crippen molar-refractivity contribution in [3.05, 3.63) is 46.8 Å². The number of nitrogens with one attached hydrogen (secondary N) is 1. The maximum atomic E-state index is 12.8. The molecule has 148 valence electrons. The van der Waals surface area contributed by atoms with Crippen LogP contribution in [0.1, 0.15) is 40.5 Å². The van der Waals surface area contributed by atoms with E-state index in [1.54, 1.807) is 19.2 Å². The topological polar surface area (TPSA) is 119 Å². The van der Waals surface area contributed by atoms with Gasteiger partial charge in [-0.1, -0.05) is 0 Å². The normalized spacial score (nSPS) is 12.5. The number of aromatic nitrogens is 2. The Morgan fingerprint density at radius 3 is 2.83 bits per heavy atom. The third-order valence-electron chi connectivity index (χ3n) is 4.70. The predicted octanol–water partition coefficient (Wildman–Crippen LogP) is 2.12. The van der Waals surface area contributed by atoms with Crippen LogP contribution < -0.4 is 10.2 Å². The number of nitrogens with zero attached hydrogens (tertiary/aromatic N) is 5. The Kier molecular flexibility index (Phi) is 5.83. The van der Waals surface area contributed by atoms with Gasteiger partial charge in [0.2, 0.25) is 5.91 Å². The van der Waals surface area contributed by atoms with E-state index in [1.165, 1.54) is 22.9 Å². The molecule has 29 heavy (non-hydrogen) atoms. The molecule has 3 amide bonds. The Morgan fingerprint density at radius 1 is 1.41 bits per heavy atom. The summed E-state index contributed by atoms with van der Waals surface area (Å²) in [5.41, 5.74) is 2.09. The van der Waals surface area contributed by atoms with Gasteiger partial charge in [-0.25, -0.2) is 14.8 Å². The number of nitriles is 1. The first kappa shape index (κ1) is 19.9. The number of aryl methyl sites for hydroxylation is 1. The fourth-order valence-corrected chi connectivity index (χ4v) is 3.06. The molecule has 0 saturated carbocycles. The van der Waals surface area contributed by atoms with Gasteiger partial charge in [0.1, 0.15) is 23.4 Å². The quantitative estimate of drug-likeness (QED) is 0.796. The Hall–Kier alpha value is -3.80. The number of rotatable bonds is 4. The van der Waals surface area contributed by atoms with Gasteiger partial charge in [0, 0.05) is 38.8 Å². The first-order valence-corrected chi connectivity index (χ1v) is 9.07. The molecule has 0 aromatic carbocycles. The number of hydrogen-bond donors (Lipinski definition) is 1. The molecule has 0 aliphatic carbocycles. The van der Waals surface area contributed by atoms with Crippen LogP contribution in [0.3, 0.4) is 0 Å². The minimum Gasteiger partial charge on any atom is -0.342 e. The van der Waals surface area contributed by atoms with Crippen LogP contribution in [0.15, 0.2) is 24.4 Å². The number of aldehydes is 1. The lowest BCUT2D eigenvalue weighted by Gasteiger charge is -2.29. The van der Waals surface area contributed by atoms with Crippen molar-refractivity contribution in [2.24, 2.45) is 0 Å². The highest BCUT2D eigenvalue weighted by atomic mass is 16.2. The van der Waals surface area contributed by atoms with E-state index in [9.17, 15) is 14.4 Å². The Balaban J connectivity index is 1.86. The predicted molar refractivity (Wildman–Crippen MR) is 105 cm³/mol. The van der Waals surface area contributed by atoms with E-state index in [0.29, 0.717) is 35.6 Å². The molecule has 0 saturated heterocycles. The van der Waals surface area contributed by atoms with Crippen LogP contribution in [0.2, 0.25) is 0 Å². The molecule has 0 spiro atoms. The van der Waals surface area contributed by atoms with Crippen LogP contribution in [0.25, 0.3) is 0 Å². The number of carbonyl (C=O) groups is 3. The zero-order valence-corrected chi connectivity index (χ0v) is 16.2. The number of pyridine rings is 2. The Bertz CT molecular complexity index is 997. The summed E-state index contributed by atoms with van der Waals surface area (Å²) in [6, 6.07) is 6.50. The summed E-state index contributed by atoms with van der Waals surface area (Å²) in [5, 5.41) is 11.5. The first-order chi connectivity index (χ1) is 13.9. The lowest BCUT2D eigenvalue weighted by molar-refractivity contribution is -0.128. The number of amides is 3. The third-order valence-corrected chi connectivity index (χ3v) is 4.70. The second-order valence-corrected chi connectivity index (χ2v) is 6.74. The Labute approximate surface area is 168 Å². The molecule has 1 aliphatic rings. The summed E-state index contributed by atoms with van der Waals surface area (Å²) in [4.78, 5) is 47.3. The summed E-state index contributed by atoms with van der Waals surface area (Å²) in [5.74, 6) is 0.630. The monoisotopic (exact) mass is 392 g/mol. The maximum absolute atomic E-state index is 12.8. The molecule has 0 bridgehead atoms. The SMILES string of the molecule is CC(=O)N(C)Cc1cc2c(nc1C=O)N(C(=O)Nc1ccc(C#N)cn1)CCC2. The van der Waals surface area contributed by atoms with Crippen LogP contribution in [-0.4, -0.2) is 46.7 Å². The van der Waals surface area contributed by atoms with E-state index in [0.717, 1.165) is 18.4 Å². The van der Waals surface area contributed by atoms with Crippen LogP contribution in [-0.2, 0) is 17.8 Å². The maximum Gasteiger partial charge on any atom is 0.328 e. The van der Waals surface area contributed by atoms with Gasteiger partial charge in [-0.05, 0) is 36.6 Å². The molecule has 0 unspecified atom stereocenters. The molecule has 0 fully saturated rings. The van der Waals surface area contributed by atoms with Crippen LogP contribution >= 0.6 is 0 Å². The van der Waals surface area contributed by atoms with Gasteiger partial charge in [0.25, 0.3) is 0 Å². The molecular weight excluding hydrogens is 372 g/mol.